The maximum Gasteiger partial charge on any atom is 0.306 e. The second-order valence-corrected chi connectivity index (χ2v) is 8.73. The molecule has 1 fully saturated rings. The largest absolute Gasteiger partial charge is 0.497 e. The number of nitrogens with zero attached hydrogens (tertiary/aromatic N) is 3. The van der Waals surface area contributed by atoms with Gasteiger partial charge in [0.15, 0.2) is 0 Å². The van der Waals surface area contributed by atoms with Crippen molar-refractivity contribution < 1.29 is 23.4 Å². The Kier molecular flexibility index (Phi) is 7.13. The van der Waals surface area contributed by atoms with Gasteiger partial charge in [-0.2, -0.15) is 0 Å². The van der Waals surface area contributed by atoms with Crippen molar-refractivity contribution in [1.82, 2.24) is 14.9 Å². The highest BCUT2D eigenvalue weighted by molar-refractivity contribution is 6.03. The van der Waals surface area contributed by atoms with Crippen molar-refractivity contribution in [2.75, 3.05) is 33.9 Å². The number of benzene rings is 2. The minimum absolute atomic E-state index is 0.199. The number of likely N-dealkylation sites (tertiary alicyclic amines) is 1. The SMILES string of the molecule is COC(=O)CCN1CCC[C@@H]1COc1ncnc2oc(-c3ccccc3)c(-c3ccc(OC)cc3)c12. The Balaban J connectivity index is 1.49. The number of furan rings is 1. The van der Waals surface area contributed by atoms with Crippen LogP contribution in [0.2, 0.25) is 0 Å². The second kappa shape index (κ2) is 10.8. The topological polar surface area (TPSA) is 86.9 Å². The molecule has 1 aliphatic rings. The molecule has 0 radical (unpaired) electrons. The lowest BCUT2D eigenvalue weighted by atomic mass is 9.99. The Morgan fingerprint density at radius 3 is 2.61 bits per heavy atom. The number of carbonyl (C=O) groups excluding carboxylic acids is 1. The highest BCUT2D eigenvalue weighted by Gasteiger charge is 2.27. The van der Waals surface area contributed by atoms with E-state index in [-0.39, 0.29) is 12.0 Å². The van der Waals surface area contributed by atoms with Crippen LogP contribution in [0.1, 0.15) is 19.3 Å². The van der Waals surface area contributed by atoms with Gasteiger partial charge in [0.05, 0.1) is 20.6 Å². The van der Waals surface area contributed by atoms with Crippen LogP contribution < -0.4 is 9.47 Å². The Morgan fingerprint density at radius 2 is 1.86 bits per heavy atom. The van der Waals surface area contributed by atoms with Gasteiger partial charge in [-0.25, -0.2) is 9.97 Å². The zero-order valence-electron chi connectivity index (χ0n) is 20.5. The summed E-state index contributed by atoms with van der Waals surface area (Å²) < 4.78 is 22.8. The molecule has 1 aliphatic heterocycles. The van der Waals surface area contributed by atoms with Crippen molar-refractivity contribution >= 4 is 17.1 Å². The molecule has 186 valence electrons. The van der Waals surface area contributed by atoms with E-state index in [0.717, 1.165) is 47.2 Å². The quantitative estimate of drug-likeness (QED) is 0.306. The number of aromatic nitrogens is 2. The molecule has 2 aromatic carbocycles. The molecule has 2 aromatic heterocycles. The average molecular weight is 488 g/mol. The molecule has 1 saturated heterocycles. The molecule has 0 spiro atoms. The van der Waals surface area contributed by atoms with Gasteiger partial charge in [-0.15, -0.1) is 0 Å². The molecule has 0 N–H and O–H groups in total. The van der Waals surface area contributed by atoms with E-state index in [1.54, 1.807) is 7.11 Å². The molecule has 0 saturated carbocycles. The maximum absolute atomic E-state index is 11.6. The van der Waals surface area contributed by atoms with Crippen LogP contribution in [-0.4, -0.2) is 60.8 Å². The van der Waals surface area contributed by atoms with Gasteiger partial charge in [-0.05, 0) is 37.1 Å². The molecule has 0 bridgehead atoms. The van der Waals surface area contributed by atoms with Crippen LogP contribution in [0.3, 0.4) is 0 Å². The van der Waals surface area contributed by atoms with E-state index in [2.05, 4.69) is 14.9 Å². The van der Waals surface area contributed by atoms with Crippen molar-refractivity contribution in [3.05, 3.63) is 60.9 Å². The summed E-state index contributed by atoms with van der Waals surface area (Å²) in [7, 11) is 3.07. The van der Waals surface area contributed by atoms with Crippen LogP contribution in [-0.2, 0) is 9.53 Å². The van der Waals surface area contributed by atoms with Gasteiger partial charge in [0.1, 0.15) is 29.8 Å². The number of rotatable bonds is 9. The van der Waals surface area contributed by atoms with Crippen molar-refractivity contribution in [3.63, 3.8) is 0 Å². The standard InChI is InChI=1S/C28H29N3O5/c1-33-22-12-10-19(11-13-22)24-25-27(35-17-21-9-6-15-31(21)16-14-23(32)34-2)29-18-30-28(25)36-26(24)20-7-4-3-5-8-20/h3-5,7-8,10-13,18,21H,6,9,14-17H2,1-2H3/t21-/m1/s1. The lowest BCUT2D eigenvalue weighted by Gasteiger charge is -2.23. The Morgan fingerprint density at radius 1 is 1.06 bits per heavy atom. The molecule has 1 atom stereocenters. The molecule has 0 amide bonds. The zero-order chi connectivity index (χ0) is 24.9. The summed E-state index contributed by atoms with van der Waals surface area (Å²) >= 11 is 0. The van der Waals surface area contributed by atoms with Crippen LogP contribution in [0, 0.1) is 0 Å². The first-order chi connectivity index (χ1) is 17.7. The zero-order valence-corrected chi connectivity index (χ0v) is 20.5. The van der Waals surface area contributed by atoms with Crippen molar-refractivity contribution in [2.45, 2.75) is 25.3 Å². The molecular weight excluding hydrogens is 458 g/mol. The molecule has 5 rings (SSSR count). The monoisotopic (exact) mass is 487 g/mol. The van der Waals surface area contributed by atoms with E-state index in [4.69, 9.17) is 18.6 Å². The number of hydrogen-bond donors (Lipinski definition) is 0. The third-order valence-electron chi connectivity index (χ3n) is 6.61. The third kappa shape index (κ3) is 4.90. The molecule has 8 nitrogen and oxygen atoms in total. The van der Waals surface area contributed by atoms with Crippen LogP contribution in [0.4, 0.5) is 0 Å². The van der Waals surface area contributed by atoms with Crippen molar-refractivity contribution in [2.24, 2.45) is 0 Å². The number of hydrogen-bond acceptors (Lipinski definition) is 8. The molecule has 0 aliphatic carbocycles. The third-order valence-corrected chi connectivity index (χ3v) is 6.61. The van der Waals surface area contributed by atoms with Crippen molar-refractivity contribution in [1.29, 1.82) is 0 Å². The maximum atomic E-state index is 11.6. The summed E-state index contributed by atoms with van der Waals surface area (Å²) in [4.78, 5) is 22.8. The van der Waals surface area contributed by atoms with Crippen LogP contribution in [0.15, 0.2) is 65.3 Å². The van der Waals surface area contributed by atoms with E-state index in [1.165, 1.54) is 13.4 Å². The summed E-state index contributed by atoms with van der Waals surface area (Å²) in [5.41, 5.74) is 3.24. The first kappa shape index (κ1) is 23.8. The van der Waals surface area contributed by atoms with Crippen molar-refractivity contribution in [3.8, 4) is 34.1 Å². The fourth-order valence-electron chi connectivity index (χ4n) is 4.73. The highest BCUT2D eigenvalue weighted by atomic mass is 16.5. The summed E-state index contributed by atoms with van der Waals surface area (Å²) in [5, 5.41) is 0.737. The normalized spacial score (nSPS) is 15.8. The van der Waals surface area contributed by atoms with Gasteiger partial charge in [0, 0.05) is 23.7 Å². The van der Waals surface area contributed by atoms with Gasteiger partial charge in [-0.1, -0.05) is 42.5 Å². The molecule has 4 aromatic rings. The average Bonchev–Trinajstić information content (AvgIpc) is 3.55. The fourth-order valence-corrected chi connectivity index (χ4v) is 4.73. The predicted molar refractivity (Wildman–Crippen MR) is 136 cm³/mol. The van der Waals surface area contributed by atoms with Crippen LogP contribution >= 0.6 is 0 Å². The first-order valence-corrected chi connectivity index (χ1v) is 12.1. The smallest absolute Gasteiger partial charge is 0.306 e. The van der Waals surface area contributed by atoms with Crippen LogP contribution in [0.25, 0.3) is 33.6 Å². The molecule has 0 unspecified atom stereocenters. The Bertz CT molecular complexity index is 1320. The second-order valence-electron chi connectivity index (χ2n) is 8.73. The highest BCUT2D eigenvalue weighted by Crippen LogP contribution is 2.43. The minimum Gasteiger partial charge on any atom is -0.497 e. The van der Waals surface area contributed by atoms with E-state index in [0.29, 0.717) is 36.9 Å². The van der Waals surface area contributed by atoms with E-state index >= 15 is 0 Å². The Hall–Kier alpha value is -3.91. The number of methoxy groups -OCH3 is 2. The van der Waals surface area contributed by atoms with E-state index in [9.17, 15) is 4.79 Å². The number of esters is 1. The number of carbonyl (C=O) groups is 1. The molecule has 36 heavy (non-hydrogen) atoms. The molecule has 8 heteroatoms. The minimum atomic E-state index is -0.199. The lowest BCUT2D eigenvalue weighted by molar-refractivity contribution is -0.141. The van der Waals surface area contributed by atoms with E-state index in [1.807, 2.05) is 54.6 Å². The first-order valence-electron chi connectivity index (χ1n) is 12.1. The van der Waals surface area contributed by atoms with Gasteiger partial charge in [-0.3, -0.25) is 9.69 Å². The van der Waals surface area contributed by atoms with Gasteiger partial charge in [0.25, 0.3) is 0 Å². The lowest BCUT2D eigenvalue weighted by Crippen LogP contribution is -2.35. The number of ether oxygens (including phenoxy) is 3. The van der Waals surface area contributed by atoms with Gasteiger partial charge in [0.2, 0.25) is 11.6 Å². The predicted octanol–water partition coefficient (Wildman–Crippen LogP) is 4.97. The van der Waals surface area contributed by atoms with Crippen LogP contribution in [0.5, 0.6) is 11.6 Å². The Labute approximate surface area is 209 Å². The number of fused-ring (bicyclic) bond motifs is 1. The summed E-state index contributed by atoms with van der Waals surface area (Å²) in [6, 6.07) is 18.0. The van der Waals surface area contributed by atoms with E-state index < -0.39 is 0 Å². The van der Waals surface area contributed by atoms with Gasteiger partial charge >= 0.3 is 5.97 Å². The molecular formula is C28H29N3O5. The summed E-state index contributed by atoms with van der Waals surface area (Å²) in [5.74, 6) is 1.77. The van der Waals surface area contributed by atoms with Gasteiger partial charge < -0.3 is 18.6 Å². The molecule has 3 heterocycles. The fraction of sp³-hybridized carbons (Fsp3) is 0.321. The summed E-state index contributed by atoms with van der Waals surface area (Å²) in [6.45, 7) is 2.05. The summed E-state index contributed by atoms with van der Waals surface area (Å²) in [6.07, 6.45) is 3.91.